The molecule has 2 aromatic heterocycles. The largest absolute Gasteiger partial charge is 0.493 e. The molecule has 210 valence electrons. The molecule has 3 rings (SSSR count). The highest BCUT2D eigenvalue weighted by Gasteiger charge is 2.36. The zero-order chi connectivity index (χ0) is 29.0. The quantitative estimate of drug-likeness (QED) is 0.154. The number of anilines is 4. The van der Waals surface area contributed by atoms with Gasteiger partial charge in [-0.2, -0.15) is 18.2 Å². The molecule has 0 bridgehead atoms. The van der Waals surface area contributed by atoms with Gasteiger partial charge in [0.25, 0.3) is 5.91 Å². The zero-order valence-electron chi connectivity index (χ0n) is 20.6. The molecule has 0 saturated carbocycles. The number of nitrogens with one attached hydrogen (secondary N) is 3. The summed E-state index contributed by atoms with van der Waals surface area (Å²) < 4.78 is 64.0. The van der Waals surface area contributed by atoms with Gasteiger partial charge in [-0.05, 0) is 46.6 Å². The molecule has 0 aliphatic rings. The van der Waals surface area contributed by atoms with Crippen LogP contribution in [0.25, 0.3) is 0 Å². The maximum atomic E-state index is 13.8. The number of carbonyl (C=O) groups is 1. The number of pyridine rings is 1. The number of aromatic nitrogens is 3. The molecule has 1 amide bonds. The van der Waals surface area contributed by atoms with Crippen LogP contribution < -0.4 is 20.7 Å². The molecule has 0 aliphatic carbocycles. The molecule has 1 aromatic carbocycles. The Balaban J connectivity index is 2.02. The molecular formula is C22H22BrClF3N6O5P. The van der Waals surface area contributed by atoms with E-state index in [1.165, 1.54) is 38.4 Å². The number of halogens is 5. The summed E-state index contributed by atoms with van der Waals surface area (Å²) in [5, 5.41) is 7.61. The maximum Gasteiger partial charge on any atom is 0.421 e. The van der Waals surface area contributed by atoms with Crippen LogP contribution in [0.2, 0.25) is 5.02 Å². The molecule has 0 radical (unpaired) electrons. The van der Waals surface area contributed by atoms with Crippen molar-refractivity contribution in [2.45, 2.75) is 19.3 Å². The maximum absolute atomic E-state index is 13.8. The van der Waals surface area contributed by atoms with Gasteiger partial charge in [0.15, 0.2) is 11.4 Å². The lowest BCUT2D eigenvalue weighted by Gasteiger charge is -2.18. The van der Waals surface area contributed by atoms with E-state index in [4.69, 9.17) is 20.9 Å². The number of alkyl halides is 3. The fourth-order valence-corrected chi connectivity index (χ4v) is 5.20. The van der Waals surface area contributed by atoms with Crippen LogP contribution in [0.1, 0.15) is 28.5 Å². The van der Waals surface area contributed by atoms with Crippen molar-refractivity contribution < 1.29 is 36.7 Å². The van der Waals surface area contributed by atoms with Gasteiger partial charge in [0.1, 0.15) is 16.0 Å². The molecule has 4 N–H and O–H groups in total. The van der Waals surface area contributed by atoms with Gasteiger partial charge in [-0.25, -0.2) is 9.97 Å². The molecule has 39 heavy (non-hydrogen) atoms. The summed E-state index contributed by atoms with van der Waals surface area (Å²) >= 11 is 9.51. The minimum Gasteiger partial charge on any atom is -0.493 e. The summed E-state index contributed by atoms with van der Waals surface area (Å²) in [7, 11) is -1.33. The number of amides is 1. The van der Waals surface area contributed by atoms with Crippen LogP contribution in [0.5, 0.6) is 5.75 Å². The standard InChI is InChI=1S/C22H22BrClF3N6O5P/c1-4-38-39(35,36)10-11-5-6-14(18(37-3)16(11)24)31-21-29-9-12(22(25,26)27)19(33-21)30-13-7-8-15(23)32-17(13)20(34)28-2/h5-9H,4,10H2,1-3H3,(H,28,34)(H,35,36)(H2,29,30,31,33). The Kier molecular flexibility index (Phi) is 9.78. The number of benzene rings is 1. The van der Waals surface area contributed by atoms with E-state index < -0.39 is 37.2 Å². The van der Waals surface area contributed by atoms with Gasteiger partial charge < -0.3 is 30.1 Å². The van der Waals surface area contributed by atoms with Crippen molar-refractivity contribution in [3.8, 4) is 5.75 Å². The number of hydrogen-bond acceptors (Lipinski definition) is 9. The fraction of sp³-hybridized carbons (Fsp3) is 0.273. The van der Waals surface area contributed by atoms with E-state index >= 15 is 0 Å². The lowest BCUT2D eigenvalue weighted by Crippen LogP contribution is -2.21. The Bertz CT molecular complexity index is 1430. The van der Waals surface area contributed by atoms with Gasteiger partial charge in [-0.15, -0.1) is 0 Å². The van der Waals surface area contributed by atoms with E-state index in [9.17, 15) is 27.4 Å². The van der Waals surface area contributed by atoms with Crippen molar-refractivity contribution in [1.29, 1.82) is 0 Å². The number of ether oxygens (including phenoxy) is 1. The molecule has 0 spiro atoms. The summed E-state index contributed by atoms with van der Waals surface area (Å²) in [5.74, 6) is -1.55. The van der Waals surface area contributed by atoms with Crippen molar-refractivity contribution in [2.24, 2.45) is 0 Å². The van der Waals surface area contributed by atoms with Gasteiger partial charge >= 0.3 is 13.8 Å². The van der Waals surface area contributed by atoms with Crippen LogP contribution in [0.15, 0.2) is 35.1 Å². The predicted octanol–water partition coefficient (Wildman–Crippen LogP) is 5.88. The Hall–Kier alpha value is -2.97. The molecule has 17 heteroatoms. The summed E-state index contributed by atoms with van der Waals surface area (Å²) in [4.78, 5) is 33.9. The first-order chi connectivity index (χ1) is 18.3. The predicted molar refractivity (Wildman–Crippen MR) is 142 cm³/mol. The molecule has 0 saturated heterocycles. The summed E-state index contributed by atoms with van der Waals surface area (Å²) in [6.45, 7) is 1.59. The first-order valence-corrected chi connectivity index (χ1v) is 13.9. The SMILES string of the molecule is CCOP(=O)(O)Cc1ccc(Nc2ncc(C(F)(F)F)c(Nc3ccc(Br)nc3C(=O)NC)n2)c(OC)c1Cl. The monoisotopic (exact) mass is 652 g/mol. The van der Waals surface area contributed by atoms with Crippen LogP contribution >= 0.6 is 35.1 Å². The zero-order valence-corrected chi connectivity index (χ0v) is 23.8. The Morgan fingerprint density at radius 1 is 1.18 bits per heavy atom. The lowest BCUT2D eigenvalue weighted by atomic mass is 10.2. The molecular weight excluding hydrogens is 632 g/mol. The van der Waals surface area contributed by atoms with Crippen LogP contribution in [-0.2, 0) is 21.4 Å². The van der Waals surface area contributed by atoms with Gasteiger partial charge in [0.05, 0.1) is 36.3 Å². The summed E-state index contributed by atoms with van der Waals surface area (Å²) in [6, 6.07) is 5.66. The van der Waals surface area contributed by atoms with Crippen LogP contribution in [0.4, 0.5) is 36.3 Å². The third-order valence-electron chi connectivity index (χ3n) is 4.98. The third kappa shape index (κ3) is 7.57. The number of rotatable bonds is 10. The van der Waals surface area contributed by atoms with E-state index in [2.05, 4.69) is 46.8 Å². The number of nitrogens with zero attached hydrogens (tertiary/aromatic N) is 3. The first kappa shape index (κ1) is 30.6. The highest BCUT2D eigenvalue weighted by atomic mass is 79.9. The average Bonchev–Trinajstić information content (AvgIpc) is 2.86. The molecule has 0 aliphatic heterocycles. The Morgan fingerprint density at radius 2 is 1.87 bits per heavy atom. The van der Waals surface area contributed by atoms with Crippen LogP contribution in [0, 0.1) is 0 Å². The highest BCUT2D eigenvalue weighted by molar-refractivity contribution is 9.10. The smallest absolute Gasteiger partial charge is 0.421 e. The van der Waals surface area contributed by atoms with Crippen molar-refractivity contribution >= 4 is 64.2 Å². The third-order valence-corrected chi connectivity index (χ3v) is 7.24. The topological polar surface area (TPSA) is 148 Å². The summed E-state index contributed by atoms with van der Waals surface area (Å²) in [6.07, 6.45) is -4.66. The van der Waals surface area contributed by atoms with Crippen LogP contribution in [0.3, 0.4) is 0 Å². The molecule has 2 heterocycles. The summed E-state index contributed by atoms with van der Waals surface area (Å²) in [5.41, 5.74) is -1.00. The van der Waals surface area contributed by atoms with Crippen molar-refractivity contribution in [3.05, 3.63) is 56.9 Å². The van der Waals surface area contributed by atoms with E-state index in [1.807, 2.05) is 0 Å². The second-order valence-electron chi connectivity index (χ2n) is 7.65. The van der Waals surface area contributed by atoms with Crippen LogP contribution in [-0.4, -0.2) is 46.5 Å². The number of methoxy groups -OCH3 is 1. The second-order valence-corrected chi connectivity index (χ2v) is 10.7. The molecule has 3 aromatic rings. The molecule has 11 nitrogen and oxygen atoms in total. The second kappa shape index (κ2) is 12.5. The van der Waals surface area contributed by atoms with Crippen molar-refractivity contribution in [2.75, 3.05) is 31.4 Å². The van der Waals surface area contributed by atoms with Gasteiger partial charge in [-0.1, -0.05) is 17.7 Å². The van der Waals surface area contributed by atoms with Gasteiger partial charge in [0, 0.05) is 13.2 Å². The van der Waals surface area contributed by atoms with Crippen molar-refractivity contribution in [1.82, 2.24) is 20.3 Å². The van der Waals surface area contributed by atoms with Crippen molar-refractivity contribution in [3.63, 3.8) is 0 Å². The number of carbonyl (C=O) groups excluding carboxylic acids is 1. The minimum absolute atomic E-state index is 0.0158. The number of hydrogen-bond donors (Lipinski definition) is 4. The van der Waals surface area contributed by atoms with Gasteiger partial charge in [-0.3, -0.25) is 9.36 Å². The minimum atomic E-state index is -4.84. The lowest BCUT2D eigenvalue weighted by molar-refractivity contribution is -0.137. The Morgan fingerprint density at radius 3 is 2.49 bits per heavy atom. The normalized spacial score (nSPS) is 12.9. The average molecular weight is 654 g/mol. The van der Waals surface area contributed by atoms with E-state index in [-0.39, 0.29) is 46.0 Å². The van der Waals surface area contributed by atoms with Gasteiger partial charge in [0.2, 0.25) is 5.95 Å². The van der Waals surface area contributed by atoms with E-state index in [0.29, 0.717) is 10.8 Å². The first-order valence-electron chi connectivity index (χ1n) is 11.0. The molecule has 1 atom stereocenters. The Labute approximate surface area is 234 Å². The highest BCUT2D eigenvalue weighted by Crippen LogP contribution is 2.49. The fourth-order valence-electron chi connectivity index (χ4n) is 3.30. The molecule has 1 unspecified atom stereocenters. The molecule has 0 fully saturated rings. The van der Waals surface area contributed by atoms with E-state index in [0.717, 1.165) is 0 Å². The van der Waals surface area contributed by atoms with E-state index in [1.54, 1.807) is 6.92 Å².